The lowest BCUT2D eigenvalue weighted by molar-refractivity contribution is -0.123. The molecule has 0 spiro atoms. The highest BCUT2D eigenvalue weighted by Gasteiger charge is 2.02. The van der Waals surface area contributed by atoms with Crippen LogP contribution < -0.4 is 20.1 Å². The number of ether oxygens (including phenoxy) is 3. The third-order valence-corrected chi connectivity index (χ3v) is 3.54. The van der Waals surface area contributed by atoms with Gasteiger partial charge in [-0.2, -0.15) is 0 Å². The zero-order valence-electron chi connectivity index (χ0n) is 15.1. The van der Waals surface area contributed by atoms with Crippen LogP contribution in [-0.2, 0) is 16.1 Å². The van der Waals surface area contributed by atoms with Crippen molar-refractivity contribution in [3.05, 3.63) is 60.2 Å². The molecule has 0 aliphatic rings. The molecule has 2 aromatic rings. The van der Waals surface area contributed by atoms with E-state index >= 15 is 0 Å². The predicted molar refractivity (Wildman–Crippen MR) is 100 cm³/mol. The van der Waals surface area contributed by atoms with Crippen LogP contribution in [0.3, 0.4) is 0 Å². The Morgan fingerprint density at radius 1 is 0.885 bits per heavy atom. The first-order chi connectivity index (χ1) is 12.8. The number of amides is 1. The molecule has 0 atom stereocenters. The summed E-state index contributed by atoms with van der Waals surface area (Å²) < 4.78 is 16.0. The number of methoxy groups -OCH3 is 1. The number of nitrogens with one attached hydrogen (secondary N) is 2. The van der Waals surface area contributed by atoms with Crippen LogP contribution >= 0.6 is 0 Å². The largest absolute Gasteiger partial charge is 0.492 e. The molecule has 2 N–H and O–H groups in total. The normalized spacial score (nSPS) is 10.3. The molecule has 0 unspecified atom stereocenters. The van der Waals surface area contributed by atoms with E-state index in [-0.39, 0.29) is 12.5 Å². The molecule has 0 aliphatic heterocycles. The summed E-state index contributed by atoms with van der Waals surface area (Å²) in [5.74, 6) is 1.22. The summed E-state index contributed by atoms with van der Waals surface area (Å²) in [6.07, 6.45) is 0. The van der Waals surface area contributed by atoms with Crippen LogP contribution in [0.5, 0.6) is 11.5 Å². The Kier molecular flexibility index (Phi) is 9.03. The van der Waals surface area contributed by atoms with Gasteiger partial charge < -0.3 is 24.8 Å². The van der Waals surface area contributed by atoms with Crippen molar-refractivity contribution in [1.82, 2.24) is 10.6 Å². The van der Waals surface area contributed by atoms with Crippen molar-refractivity contribution in [3.8, 4) is 11.5 Å². The van der Waals surface area contributed by atoms with E-state index in [0.717, 1.165) is 18.8 Å². The Balaban J connectivity index is 1.59. The van der Waals surface area contributed by atoms with Crippen LogP contribution in [0.2, 0.25) is 0 Å². The maximum absolute atomic E-state index is 11.5. The van der Waals surface area contributed by atoms with E-state index in [1.165, 1.54) is 5.56 Å². The molecule has 2 rings (SSSR count). The number of hydrogen-bond acceptors (Lipinski definition) is 5. The standard InChI is InChI=1S/C20H26N2O4/c1-24-13-12-22-20(23)16-26-19-9-7-18(8-10-19)25-14-11-21-15-17-5-3-2-4-6-17/h2-10,21H,11-16H2,1H3,(H,22,23). The summed E-state index contributed by atoms with van der Waals surface area (Å²) in [5, 5.41) is 6.03. The highest BCUT2D eigenvalue weighted by atomic mass is 16.5. The molecule has 0 saturated carbocycles. The Hall–Kier alpha value is -2.57. The van der Waals surface area contributed by atoms with Crippen molar-refractivity contribution in [3.63, 3.8) is 0 Å². The minimum atomic E-state index is -0.174. The molecule has 0 radical (unpaired) electrons. The van der Waals surface area contributed by atoms with Gasteiger partial charge in [0.25, 0.3) is 5.91 Å². The van der Waals surface area contributed by atoms with Gasteiger partial charge in [-0.3, -0.25) is 4.79 Å². The van der Waals surface area contributed by atoms with Crippen LogP contribution in [0.25, 0.3) is 0 Å². The van der Waals surface area contributed by atoms with Gasteiger partial charge in [0.15, 0.2) is 6.61 Å². The van der Waals surface area contributed by atoms with Gasteiger partial charge in [0.2, 0.25) is 0 Å². The van der Waals surface area contributed by atoms with Crippen molar-refractivity contribution in [2.75, 3.05) is 40.0 Å². The van der Waals surface area contributed by atoms with Gasteiger partial charge in [-0.25, -0.2) is 0 Å². The van der Waals surface area contributed by atoms with Crippen molar-refractivity contribution in [2.24, 2.45) is 0 Å². The maximum atomic E-state index is 11.5. The number of carbonyl (C=O) groups is 1. The quantitative estimate of drug-likeness (QED) is 0.568. The van der Waals surface area contributed by atoms with E-state index in [9.17, 15) is 4.79 Å². The number of rotatable bonds is 12. The highest BCUT2D eigenvalue weighted by Crippen LogP contribution is 2.17. The second-order valence-corrected chi connectivity index (χ2v) is 5.61. The van der Waals surface area contributed by atoms with Gasteiger partial charge >= 0.3 is 0 Å². The molecule has 0 heterocycles. The average molecular weight is 358 g/mol. The molecule has 2 aromatic carbocycles. The Morgan fingerprint density at radius 3 is 2.27 bits per heavy atom. The highest BCUT2D eigenvalue weighted by molar-refractivity contribution is 5.77. The Morgan fingerprint density at radius 2 is 1.58 bits per heavy atom. The molecule has 6 nitrogen and oxygen atoms in total. The first-order valence-electron chi connectivity index (χ1n) is 8.64. The van der Waals surface area contributed by atoms with Gasteiger partial charge in [-0.1, -0.05) is 30.3 Å². The van der Waals surface area contributed by atoms with Gasteiger partial charge in [0.1, 0.15) is 18.1 Å². The molecule has 6 heteroatoms. The molecular formula is C20H26N2O4. The van der Waals surface area contributed by atoms with E-state index < -0.39 is 0 Å². The lowest BCUT2D eigenvalue weighted by atomic mass is 10.2. The van der Waals surface area contributed by atoms with Gasteiger partial charge in [-0.15, -0.1) is 0 Å². The summed E-state index contributed by atoms with van der Waals surface area (Å²) in [5.41, 5.74) is 1.25. The third-order valence-electron chi connectivity index (χ3n) is 3.54. The second-order valence-electron chi connectivity index (χ2n) is 5.61. The van der Waals surface area contributed by atoms with Gasteiger partial charge in [0, 0.05) is 26.7 Å². The first-order valence-corrected chi connectivity index (χ1v) is 8.64. The number of benzene rings is 2. The van der Waals surface area contributed by atoms with Crippen LogP contribution in [0.1, 0.15) is 5.56 Å². The number of carbonyl (C=O) groups excluding carboxylic acids is 1. The zero-order chi connectivity index (χ0) is 18.5. The van der Waals surface area contributed by atoms with Crippen LogP contribution in [0.4, 0.5) is 0 Å². The molecule has 1 amide bonds. The van der Waals surface area contributed by atoms with Crippen molar-refractivity contribution in [1.29, 1.82) is 0 Å². The fraction of sp³-hybridized carbons (Fsp3) is 0.350. The molecule has 0 bridgehead atoms. The summed E-state index contributed by atoms with van der Waals surface area (Å²) in [7, 11) is 1.59. The second kappa shape index (κ2) is 11.9. The number of hydrogen-bond donors (Lipinski definition) is 2. The fourth-order valence-corrected chi connectivity index (χ4v) is 2.19. The summed E-state index contributed by atoms with van der Waals surface area (Å²) in [6, 6.07) is 17.5. The molecule has 0 aromatic heterocycles. The SMILES string of the molecule is COCCNC(=O)COc1ccc(OCCNCc2ccccc2)cc1. The Bertz CT molecular complexity index is 632. The Labute approximate surface area is 154 Å². The van der Waals surface area contributed by atoms with Crippen LogP contribution in [0, 0.1) is 0 Å². The summed E-state index contributed by atoms with van der Waals surface area (Å²) >= 11 is 0. The first kappa shape index (κ1) is 19.8. The van der Waals surface area contributed by atoms with E-state index in [4.69, 9.17) is 14.2 Å². The van der Waals surface area contributed by atoms with Gasteiger partial charge in [-0.05, 0) is 29.8 Å². The van der Waals surface area contributed by atoms with Gasteiger partial charge in [0.05, 0.1) is 6.61 Å². The molecule has 0 saturated heterocycles. The van der Waals surface area contributed by atoms with Crippen molar-refractivity contribution >= 4 is 5.91 Å². The summed E-state index contributed by atoms with van der Waals surface area (Å²) in [6.45, 7) is 3.10. The molecular weight excluding hydrogens is 332 g/mol. The topological polar surface area (TPSA) is 68.8 Å². The zero-order valence-corrected chi connectivity index (χ0v) is 15.1. The van der Waals surface area contributed by atoms with E-state index in [1.807, 2.05) is 30.3 Å². The van der Waals surface area contributed by atoms with Crippen LogP contribution in [0.15, 0.2) is 54.6 Å². The molecule has 26 heavy (non-hydrogen) atoms. The lowest BCUT2D eigenvalue weighted by Crippen LogP contribution is -2.31. The minimum absolute atomic E-state index is 0.0205. The molecule has 140 valence electrons. The average Bonchev–Trinajstić information content (AvgIpc) is 2.68. The van der Waals surface area contributed by atoms with Crippen molar-refractivity contribution in [2.45, 2.75) is 6.54 Å². The minimum Gasteiger partial charge on any atom is -0.492 e. The molecule has 0 fully saturated rings. The molecule has 0 aliphatic carbocycles. The van der Waals surface area contributed by atoms with E-state index in [1.54, 1.807) is 19.2 Å². The summed E-state index contributed by atoms with van der Waals surface area (Å²) in [4.78, 5) is 11.5. The lowest BCUT2D eigenvalue weighted by Gasteiger charge is -2.10. The monoisotopic (exact) mass is 358 g/mol. The fourth-order valence-electron chi connectivity index (χ4n) is 2.19. The predicted octanol–water partition coefficient (Wildman–Crippen LogP) is 2.00. The van der Waals surface area contributed by atoms with Crippen molar-refractivity contribution < 1.29 is 19.0 Å². The maximum Gasteiger partial charge on any atom is 0.258 e. The third kappa shape index (κ3) is 8.00. The smallest absolute Gasteiger partial charge is 0.258 e. The van der Waals surface area contributed by atoms with E-state index in [0.29, 0.717) is 25.5 Å². The van der Waals surface area contributed by atoms with Crippen LogP contribution in [-0.4, -0.2) is 45.9 Å². The van der Waals surface area contributed by atoms with E-state index in [2.05, 4.69) is 22.8 Å².